The molecule has 1 atom stereocenters. The van der Waals surface area contributed by atoms with Crippen LogP contribution in [0.15, 0.2) is 60.8 Å². The summed E-state index contributed by atoms with van der Waals surface area (Å²) >= 11 is 0. The van der Waals surface area contributed by atoms with Crippen LogP contribution in [0.25, 0.3) is 0 Å². The molecule has 68 heavy (non-hydrogen) atoms. The number of esters is 3. The molecule has 0 aromatic rings. The van der Waals surface area contributed by atoms with Gasteiger partial charge in [0.25, 0.3) is 0 Å². The van der Waals surface area contributed by atoms with Crippen molar-refractivity contribution >= 4 is 17.9 Å². The summed E-state index contributed by atoms with van der Waals surface area (Å²) in [6.07, 6.45) is 70.9. The Morgan fingerprint density at radius 3 is 0.897 bits per heavy atom. The molecule has 394 valence electrons. The third kappa shape index (κ3) is 54.1. The number of rotatable bonds is 53. The van der Waals surface area contributed by atoms with Crippen molar-refractivity contribution in [3.8, 4) is 0 Å². The first-order chi connectivity index (χ1) is 33.5. The Hall–Kier alpha value is -2.89. The maximum atomic E-state index is 12.8. The van der Waals surface area contributed by atoms with E-state index in [9.17, 15) is 14.4 Å². The van der Waals surface area contributed by atoms with Gasteiger partial charge in [-0.05, 0) is 64.2 Å². The van der Waals surface area contributed by atoms with E-state index in [0.29, 0.717) is 19.3 Å². The van der Waals surface area contributed by atoms with Crippen molar-refractivity contribution in [2.24, 2.45) is 0 Å². The molecule has 0 aliphatic carbocycles. The van der Waals surface area contributed by atoms with Crippen molar-refractivity contribution in [1.82, 2.24) is 0 Å². The van der Waals surface area contributed by atoms with Crippen molar-refractivity contribution in [2.45, 2.75) is 303 Å². The molecule has 1 unspecified atom stereocenters. The second kappa shape index (κ2) is 56.7. The third-order valence-electron chi connectivity index (χ3n) is 12.8. The van der Waals surface area contributed by atoms with Gasteiger partial charge in [0.1, 0.15) is 13.2 Å². The molecule has 0 saturated carbocycles. The Balaban J connectivity index is 4.23. The summed E-state index contributed by atoms with van der Waals surface area (Å²) in [6, 6.07) is 0. The Bertz CT molecular complexity index is 1230. The first kappa shape index (κ1) is 65.1. The lowest BCUT2D eigenvalue weighted by atomic mass is 10.0. The number of hydrogen-bond acceptors (Lipinski definition) is 6. The molecule has 6 nitrogen and oxygen atoms in total. The lowest BCUT2D eigenvalue weighted by molar-refractivity contribution is -0.167. The topological polar surface area (TPSA) is 78.9 Å². The van der Waals surface area contributed by atoms with E-state index in [0.717, 1.165) is 96.3 Å². The highest BCUT2D eigenvalue weighted by Crippen LogP contribution is 2.17. The van der Waals surface area contributed by atoms with Gasteiger partial charge in [-0.1, -0.05) is 274 Å². The van der Waals surface area contributed by atoms with Gasteiger partial charge in [0.15, 0.2) is 6.10 Å². The summed E-state index contributed by atoms with van der Waals surface area (Å²) in [5, 5.41) is 0. The zero-order valence-corrected chi connectivity index (χ0v) is 45.1. The van der Waals surface area contributed by atoms with Crippen LogP contribution in [0, 0.1) is 0 Å². The van der Waals surface area contributed by atoms with Crippen LogP contribution in [0.1, 0.15) is 297 Å². The monoisotopic (exact) mass is 951 g/mol. The molecule has 0 amide bonds. The van der Waals surface area contributed by atoms with E-state index >= 15 is 0 Å². The Labute approximate surface area is 421 Å². The van der Waals surface area contributed by atoms with Gasteiger partial charge in [0.05, 0.1) is 0 Å². The minimum absolute atomic E-state index is 0.0843. The number of carbonyl (C=O) groups is 3. The summed E-state index contributed by atoms with van der Waals surface area (Å²) in [4.78, 5) is 38.0. The van der Waals surface area contributed by atoms with E-state index < -0.39 is 6.10 Å². The maximum Gasteiger partial charge on any atom is 0.306 e. The van der Waals surface area contributed by atoms with Crippen molar-refractivity contribution < 1.29 is 28.6 Å². The summed E-state index contributed by atoms with van der Waals surface area (Å²) in [6.45, 7) is 6.50. The Kier molecular flexibility index (Phi) is 54.3. The van der Waals surface area contributed by atoms with E-state index in [2.05, 4.69) is 81.5 Å². The first-order valence-corrected chi connectivity index (χ1v) is 29.3. The first-order valence-electron chi connectivity index (χ1n) is 29.3. The lowest BCUT2D eigenvalue weighted by Crippen LogP contribution is -2.30. The summed E-state index contributed by atoms with van der Waals surface area (Å²) in [7, 11) is 0. The predicted molar refractivity (Wildman–Crippen MR) is 293 cm³/mol. The average Bonchev–Trinajstić information content (AvgIpc) is 3.34. The van der Waals surface area contributed by atoms with E-state index in [1.54, 1.807) is 0 Å². The minimum atomic E-state index is -0.787. The molecule has 0 bridgehead atoms. The van der Waals surface area contributed by atoms with Crippen molar-refractivity contribution in [2.75, 3.05) is 13.2 Å². The van der Waals surface area contributed by atoms with E-state index in [1.807, 2.05) is 0 Å². The molecule has 0 radical (unpaired) electrons. The Morgan fingerprint density at radius 2 is 0.574 bits per heavy atom. The lowest BCUT2D eigenvalue weighted by Gasteiger charge is -2.18. The van der Waals surface area contributed by atoms with Gasteiger partial charge in [-0.3, -0.25) is 14.4 Å². The van der Waals surface area contributed by atoms with Gasteiger partial charge in [-0.15, -0.1) is 0 Å². The highest BCUT2D eigenvalue weighted by Gasteiger charge is 2.19. The van der Waals surface area contributed by atoms with Gasteiger partial charge < -0.3 is 14.2 Å². The molecule has 0 N–H and O–H groups in total. The second-order valence-corrected chi connectivity index (χ2v) is 19.5. The van der Waals surface area contributed by atoms with E-state index in [4.69, 9.17) is 14.2 Å². The normalized spacial score (nSPS) is 12.5. The van der Waals surface area contributed by atoms with E-state index in [-0.39, 0.29) is 31.1 Å². The fourth-order valence-corrected chi connectivity index (χ4v) is 8.41. The molecular formula is C62H110O6. The van der Waals surface area contributed by atoms with Gasteiger partial charge in [-0.25, -0.2) is 0 Å². The second-order valence-electron chi connectivity index (χ2n) is 19.5. The molecule has 0 fully saturated rings. The van der Waals surface area contributed by atoms with Crippen molar-refractivity contribution in [3.63, 3.8) is 0 Å². The SMILES string of the molecule is CC/C=C\C/C=C\C/C=C\C/C=C\C/C=C\CCCCCC(=O)OC(COC(=O)CCCCCCCCCC)COC(=O)CCCCCCCCCCCCCCCCCCCCCCCCC. The molecule has 0 aromatic carbocycles. The molecule has 0 aliphatic heterocycles. The number of allylic oxidation sites excluding steroid dienone is 10. The number of hydrogen-bond donors (Lipinski definition) is 0. The van der Waals surface area contributed by atoms with Crippen LogP contribution >= 0.6 is 0 Å². The number of carbonyl (C=O) groups excluding carboxylic acids is 3. The molecule has 0 aliphatic rings. The summed E-state index contributed by atoms with van der Waals surface area (Å²) < 4.78 is 16.8. The third-order valence-corrected chi connectivity index (χ3v) is 12.8. The maximum absolute atomic E-state index is 12.8. The minimum Gasteiger partial charge on any atom is -0.462 e. The summed E-state index contributed by atoms with van der Waals surface area (Å²) in [5.41, 5.74) is 0. The molecule has 0 saturated heterocycles. The zero-order valence-electron chi connectivity index (χ0n) is 45.1. The molecule has 0 rings (SSSR count). The van der Waals surface area contributed by atoms with Crippen molar-refractivity contribution in [1.29, 1.82) is 0 Å². The fraction of sp³-hybridized carbons (Fsp3) is 0.790. The molecule has 0 heterocycles. The van der Waals surface area contributed by atoms with Gasteiger partial charge in [0.2, 0.25) is 0 Å². The fourth-order valence-electron chi connectivity index (χ4n) is 8.41. The quantitative estimate of drug-likeness (QED) is 0.0262. The van der Waals surface area contributed by atoms with Gasteiger partial charge in [0, 0.05) is 19.3 Å². The molecule has 6 heteroatoms. The smallest absolute Gasteiger partial charge is 0.306 e. The van der Waals surface area contributed by atoms with Gasteiger partial charge in [-0.2, -0.15) is 0 Å². The zero-order chi connectivity index (χ0) is 49.3. The van der Waals surface area contributed by atoms with Crippen LogP contribution in [0.3, 0.4) is 0 Å². The predicted octanol–water partition coefficient (Wildman–Crippen LogP) is 19.6. The molecule has 0 aromatic heterocycles. The molecule has 0 spiro atoms. The molecular weight excluding hydrogens is 841 g/mol. The van der Waals surface area contributed by atoms with Crippen LogP contribution in [0.4, 0.5) is 0 Å². The van der Waals surface area contributed by atoms with E-state index in [1.165, 1.54) is 161 Å². The van der Waals surface area contributed by atoms with Crippen LogP contribution in [0.5, 0.6) is 0 Å². The standard InChI is InChI=1S/C62H110O6/c1-4-7-10-13-16-19-21-23-25-27-29-30-31-32-34-35-37-39-41-43-46-49-52-55-61(64)67-58-59(57-66-60(63)54-51-48-45-18-15-12-9-6-3)68-62(65)56-53-50-47-44-42-40-38-36-33-28-26-24-22-20-17-14-11-8-5-2/h8,11,17,20,24,26,33,36,40,42,59H,4-7,9-10,12-16,18-19,21-23,25,27-32,34-35,37-39,41,43-58H2,1-3H3/b11-8-,20-17-,26-24-,36-33-,42-40-. The van der Waals surface area contributed by atoms with Crippen LogP contribution in [-0.2, 0) is 28.6 Å². The van der Waals surface area contributed by atoms with Gasteiger partial charge >= 0.3 is 17.9 Å². The highest BCUT2D eigenvalue weighted by atomic mass is 16.6. The average molecular weight is 952 g/mol. The number of unbranched alkanes of at least 4 members (excludes halogenated alkanes) is 32. The largest absolute Gasteiger partial charge is 0.462 e. The van der Waals surface area contributed by atoms with Crippen LogP contribution < -0.4 is 0 Å². The Morgan fingerprint density at radius 1 is 0.309 bits per heavy atom. The van der Waals surface area contributed by atoms with Crippen molar-refractivity contribution in [3.05, 3.63) is 60.8 Å². The number of ether oxygens (including phenoxy) is 3. The van der Waals surface area contributed by atoms with Crippen LogP contribution in [0.2, 0.25) is 0 Å². The summed E-state index contributed by atoms with van der Waals surface area (Å²) in [5.74, 6) is -0.909. The highest BCUT2D eigenvalue weighted by molar-refractivity contribution is 5.71. The van der Waals surface area contributed by atoms with Crippen LogP contribution in [-0.4, -0.2) is 37.2 Å².